The van der Waals surface area contributed by atoms with E-state index in [0.717, 1.165) is 44.7 Å². The first kappa shape index (κ1) is 19.7. The van der Waals surface area contributed by atoms with Crippen molar-refractivity contribution in [2.24, 2.45) is 0 Å². The minimum Gasteiger partial charge on any atom is -0.489 e. The van der Waals surface area contributed by atoms with Crippen LogP contribution in [0.5, 0.6) is 5.75 Å². The van der Waals surface area contributed by atoms with Crippen LogP contribution in [0, 0.1) is 0 Å². The smallest absolute Gasteiger partial charge is 0.416 e. The molecule has 1 amide bonds. The van der Waals surface area contributed by atoms with Gasteiger partial charge >= 0.3 is 6.18 Å². The molecule has 1 unspecified atom stereocenters. The van der Waals surface area contributed by atoms with Crippen molar-refractivity contribution >= 4 is 5.91 Å². The van der Waals surface area contributed by atoms with E-state index in [0.29, 0.717) is 13.1 Å². The number of carbonyl (C=O) groups is 1. The van der Waals surface area contributed by atoms with E-state index in [1.807, 2.05) is 0 Å². The quantitative estimate of drug-likeness (QED) is 0.793. The van der Waals surface area contributed by atoms with Crippen molar-refractivity contribution in [1.82, 2.24) is 15.1 Å². The maximum atomic E-state index is 13.1. The number of likely N-dealkylation sites (tertiary alicyclic amines) is 1. The van der Waals surface area contributed by atoms with Crippen LogP contribution >= 0.6 is 0 Å². The van der Waals surface area contributed by atoms with Crippen molar-refractivity contribution in [3.63, 3.8) is 0 Å². The van der Waals surface area contributed by atoms with E-state index in [9.17, 15) is 18.0 Å². The number of hydrogen-bond donors (Lipinski definition) is 1. The summed E-state index contributed by atoms with van der Waals surface area (Å²) >= 11 is 0. The topological polar surface area (TPSA) is 44.8 Å². The summed E-state index contributed by atoms with van der Waals surface area (Å²) in [6, 6.07) is 3.28. The molecule has 1 aromatic rings. The molecule has 2 saturated heterocycles. The van der Waals surface area contributed by atoms with Crippen molar-refractivity contribution in [3.05, 3.63) is 42.0 Å². The SMILES string of the molecule is C=CCOc1ccc(C(F)(F)F)cc1C(=O)N1CCC(N2CCNCC2)C1. The minimum absolute atomic E-state index is 0.0485. The van der Waals surface area contributed by atoms with Crippen LogP contribution in [0.4, 0.5) is 13.2 Å². The van der Waals surface area contributed by atoms with Gasteiger partial charge in [-0.25, -0.2) is 0 Å². The number of halogens is 3. The van der Waals surface area contributed by atoms with Gasteiger partial charge in [0, 0.05) is 45.3 Å². The average Bonchev–Trinajstić information content (AvgIpc) is 3.16. The molecule has 0 aromatic heterocycles. The first-order chi connectivity index (χ1) is 12.9. The van der Waals surface area contributed by atoms with E-state index in [-0.39, 0.29) is 24.0 Å². The molecule has 0 saturated carbocycles. The number of hydrogen-bond acceptors (Lipinski definition) is 4. The summed E-state index contributed by atoms with van der Waals surface area (Å²) in [6.07, 6.45) is -2.20. The monoisotopic (exact) mass is 383 g/mol. The molecule has 3 rings (SSSR count). The molecule has 148 valence electrons. The molecular formula is C19H24F3N3O2. The highest BCUT2D eigenvalue weighted by Crippen LogP contribution is 2.33. The Morgan fingerprint density at radius 2 is 2.04 bits per heavy atom. The average molecular weight is 383 g/mol. The lowest BCUT2D eigenvalue weighted by Crippen LogP contribution is -2.49. The van der Waals surface area contributed by atoms with Crippen LogP contribution in [-0.2, 0) is 6.18 Å². The van der Waals surface area contributed by atoms with Crippen LogP contribution in [0.1, 0.15) is 22.3 Å². The maximum absolute atomic E-state index is 13.1. The molecule has 1 atom stereocenters. The molecule has 2 heterocycles. The van der Waals surface area contributed by atoms with Gasteiger partial charge in [-0.3, -0.25) is 9.69 Å². The van der Waals surface area contributed by atoms with E-state index in [1.54, 1.807) is 4.90 Å². The molecule has 1 aromatic carbocycles. The Morgan fingerprint density at radius 3 is 2.70 bits per heavy atom. The third-order valence-electron chi connectivity index (χ3n) is 5.01. The van der Waals surface area contributed by atoms with Crippen molar-refractivity contribution in [1.29, 1.82) is 0 Å². The summed E-state index contributed by atoms with van der Waals surface area (Å²) in [5.41, 5.74) is -0.901. The number of rotatable bonds is 5. The molecule has 0 bridgehead atoms. The zero-order chi connectivity index (χ0) is 19.4. The lowest BCUT2D eigenvalue weighted by Gasteiger charge is -2.32. The van der Waals surface area contributed by atoms with E-state index in [2.05, 4.69) is 16.8 Å². The number of ether oxygens (including phenoxy) is 1. The van der Waals surface area contributed by atoms with E-state index in [1.165, 1.54) is 12.1 Å². The summed E-state index contributed by atoms with van der Waals surface area (Å²) in [6.45, 7) is 8.38. The normalized spacial score (nSPS) is 21.3. The van der Waals surface area contributed by atoms with Gasteiger partial charge in [0.1, 0.15) is 12.4 Å². The first-order valence-corrected chi connectivity index (χ1v) is 9.09. The molecule has 1 N–H and O–H groups in total. The minimum atomic E-state index is -4.51. The number of alkyl halides is 3. The molecule has 5 nitrogen and oxygen atoms in total. The molecular weight excluding hydrogens is 359 g/mol. The fourth-order valence-electron chi connectivity index (χ4n) is 3.59. The largest absolute Gasteiger partial charge is 0.489 e. The van der Waals surface area contributed by atoms with Gasteiger partial charge in [0.15, 0.2) is 0 Å². The molecule has 27 heavy (non-hydrogen) atoms. The summed E-state index contributed by atoms with van der Waals surface area (Å²) in [4.78, 5) is 16.9. The van der Waals surface area contributed by atoms with Crippen LogP contribution in [0.3, 0.4) is 0 Å². The molecule has 2 aliphatic rings. The van der Waals surface area contributed by atoms with Gasteiger partial charge in [-0.05, 0) is 24.6 Å². The van der Waals surface area contributed by atoms with Crippen molar-refractivity contribution < 1.29 is 22.7 Å². The summed E-state index contributed by atoms with van der Waals surface area (Å²) < 4.78 is 44.7. The summed E-state index contributed by atoms with van der Waals surface area (Å²) in [5, 5.41) is 3.29. The van der Waals surface area contributed by atoms with Crippen LogP contribution in [0.25, 0.3) is 0 Å². The number of nitrogens with one attached hydrogen (secondary N) is 1. The maximum Gasteiger partial charge on any atom is 0.416 e. The molecule has 0 spiro atoms. The fraction of sp³-hybridized carbons (Fsp3) is 0.526. The second-order valence-corrected chi connectivity index (χ2v) is 6.79. The van der Waals surface area contributed by atoms with Gasteiger partial charge in [-0.15, -0.1) is 0 Å². The van der Waals surface area contributed by atoms with Crippen LogP contribution in [0.15, 0.2) is 30.9 Å². The van der Waals surface area contributed by atoms with Crippen molar-refractivity contribution in [3.8, 4) is 5.75 Å². The molecule has 0 aliphatic carbocycles. The van der Waals surface area contributed by atoms with E-state index in [4.69, 9.17) is 4.74 Å². The highest BCUT2D eigenvalue weighted by molar-refractivity contribution is 5.97. The Labute approximate surface area is 156 Å². The lowest BCUT2D eigenvalue weighted by molar-refractivity contribution is -0.137. The summed E-state index contributed by atoms with van der Waals surface area (Å²) in [5.74, 6) is -0.267. The Balaban J connectivity index is 1.78. The fourth-order valence-corrected chi connectivity index (χ4v) is 3.59. The van der Waals surface area contributed by atoms with Gasteiger partial charge in [0.25, 0.3) is 5.91 Å². The first-order valence-electron chi connectivity index (χ1n) is 9.09. The Kier molecular flexibility index (Phi) is 6.06. The lowest BCUT2D eigenvalue weighted by atomic mass is 10.1. The number of piperazine rings is 1. The molecule has 2 aliphatic heterocycles. The highest BCUT2D eigenvalue weighted by Gasteiger charge is 2.35. The zero-order valence-electron chi connectivity index (χ0n) is 15.1. The van der Waals surface area contributed by atoms with Gasteiger partial charge in [0.2, 0.25) is 0 Å². The highest BCUT2D eigenvalue weighted by atomic mass is 19.4. The van der Waals surface area contributed by atoms with Gasteiger partial charge in [0.05, 0.1) is 11.1 Å². The Bertz CT molecular complexity index is 687. The number of amides is 1. The molecule has 8 heteroatoms. The van der Waals surface area contributed by atoms with Crippen LogP contribution in [-0.4, -0.2) is 67.6 Å². The van der Waals surface area contributed by atoms with E-state index >= 15 is 0 Å². The Hall–Kier alpha value is -2.06. The second-order valence-electron chi connectivity index (χ2n) is 6.79. The predicted molar refractivity (Wildman–Crippen MR) is 95.9 cm³/mol. The third-order valence-corrected chi connectivity index (χ3v) is 5.01. The number of benzene rings is 1. The Morgan fingerprint density at radius 1 is 1.30 bits per heavy atom. The number of carbonyl (C=O) groups excluding carboxylic acids is 1. The van der Waals surface area contributed by atoms with Gasteiger partial charge in [-0.2, -0.15) is 13.2 Å². The van der Waals surface area contributed by atoms with E-state index < -0.39 is 17.6 Å². The number of nitrogens with zero attached hydrogens (tertiary/aromatic N) is 2. The van der Waals surface area contributed by atoms with Crippen LogP contribution < -0.4 is 10.1 Å². The standard InChI is InChI=1S/C19H24F3N3O2/c1-2-11-27-17-4-3-14(19(20,21)22)12-16(17)18(26)25-8-5-15(13-25)24-9-6-23-7-10-24/h2-4,12,15,23H,1,5-11,13H2. The van der Waals surface area contributed by atoms with Gasteiger partial charge < -0.3 is 15.0 Å². The van der Waals surface area contributed by atoms with Crippen LogP contribution in [0.2, 0.25) is 0 Å². The second kappa shape index (κ2) is 8.31. The third kappa shape index (κ3) is 4.62. The predicted octanol–water partition coefficient (Wildman–Crippen LogP) is 2.39. The van der Waals surface area contributed by atoms with Crippen molar-refractivity contribution in [2.75, 3.05) is 45.9 Å². The summed E-state index contributed by atoms with van der Waals surface area (Å²) in [7, 11) is 0. The van der Waals surface area contributed by atoms with Crippen molar-refractivity contribution in [2.45, 2.75) is 18.6 Å². The molecule has 2 fully saturated rings. The van der Waals surface area contributed by atoms with Gasteiger partial charge in [-0.1, -0.05) is 12.7 Å². The molecule has 0 radical (unpaired) electrons. The zero-order valence-corrected chi connectivity index (χ0v) is 15.1.